The molecule has 0 aliphatic heterocycles. The second kappa shape index (κ2) is 4.84. The van der Waals surface area contributed by atoms with Crippen molar-refractivity contribution in [2.45, 2.75) is 45.7 Å². The van der Waals surface area contributed by atoms with E-state index in [0.717, 1.165) is 29.7 Å². The van der Waals surface area contributed by atoms with Crippen molar-refractivity contribution < 1.29 is 0 Å². The Kier molecular flexibility index (Phi) is 3.43. The van der Waals surface area contributed by atoms with Crippen LogP contribution in [0, 0.1) is 0 Å². The molecule has 0 bridgehead atoms. The van der Waals surface area contributed by atoms with Gasteiger partial charge >= 0.3 is 0 Å². The maximum atomic E-state index is 5.81. The van der Waals surface area contributed by atoms with Gasteiger partial charge < -0.3 is 10.3 Å². The molecule has 1 unspecified atom stereocenters. The average molecular weight is 232 g/mol. The van der Waals surface area contributed by atoms with Crippen LogP contribution in [0.4, 0.5) is 0 Å². The molecule has 2 aromatic heterocycles. The highest BCUT2D eigenvalue weighted by Crippen LogP contribution is 2.21. The van der Waals surface area contributed by atoms with Gasteiger partial charge in [0.2, 0.25) is 0 Å². The van der Waals surface area contributed by atoms with E-state index in [4.69, 9.17) is 5.73 Å². The molecule has 0 saturated carbocycles. The van der Waals surface area contributed by atoms with Crippen LogP contribution < -0.4 is 5.73 Å². The highest BCUT2D eigenvalue weighted by Gasteiger charge is 2.13. The van der Waals surface area contributed by atoms with Crippen LogP contribution in [0.25, 0.3) is 11.0 Å². The normalized spacial score (nSPS) is 13.5. The van der Waals surface area contributed by atoms with E-state index in [1.54, 1.807) is 0 Å². The number of aromatic nitrogens is 3. The van der Waals surface area contributed by atoms with E-state index >= 15 is 0 Å². The lowest BCUT2D eigenvalue weighted by Crippen LogP contribution is -2.17. The summed E-state index contributed by atoms with van der Waals surface area (Å²) in [6, 6.07) is 2.65. The second-order valence-electron chi connectivity index (χ2n) is 4.87. The Balaban J connectivity index is 2.43. The molecule has 2 N–H and O–H groups in total. The fourth-order valence-corrected chi connectivity index (χ4v) is 2.11. The van der Waals surface area contributed by atoms with Gasteiger partial charge in [0, 0.05) is 24.7 Å². The highest BCUT2D eigenvalue weighted by molar-refractivity contribution is 5.74. The van der Waals surface area contributed by atoms with E-state index in [9.17, 15) is 0 Å². The molecule has 17 heavy (non-hydrogen) atoms. The van der Waals surface area contributed by atoms with Crippen molar-refractivity contribution in [3.8, 4) is 0 Å². The van der Waals surface area contributed by atoms with Crippen molar-refractivity contribution in [1.29, 1.82) is 0 Å². The molecular formula is C13H20N4. The van der Waals surface area contributed by atoms with Crippen molar-refractivity contribution in [2.24, 2.45) is 5.73 Å². The zero-order valence-electron chi connectivity index (χ0n) is 10.7. The summed E-state index contributed by atoms with van der Waals surface area (Å²) >= 11 is 0. The van der Waals surface area contributed by atoms with Gasteiger partial charge in [0.15, 0.2) is 0 Å². The van der Waals surface area contributed by atoms with Crippen molar-refractivity contribution >= 4 is 11.0 Å². The number of imidazole rings is 1. The molecule has 0 saturated heterocycles. The van der Waals surface area contributed by atoms with Crippen LogP contribution in [0.3, 0.4) is 0 Å². The van der Waals surface area contributed by atoms with Crippen molar-refractivity contribution in [3.63, 3.8) is 0 Å². The minimum Gasteiger partial charge on any atom is -0.328 e. The number of pyridine rings is 1. The molecule has 1 atom stereocenters. The SMILES string of the molecule is CC(N)CCc1nc2cnccc2n1C(C)C. The quantitative estimate of drug-likeness (QED) is 0.880. The molecule has 0 aromatic carbocycles. The molecule has 2 rings (SSSR count). The van der Waals surface area contributed by atoms with Gasteiger partial charge in [0.1, 0.15) is 11.3 Å². The Morgan fingerprint density at radius 1 is 1.35 bits per heavy atom. The first kappa shape index (κ1) is 12.0. The second-order valence-corrected chi connectivity index (χ2v) is 4.87. The van der Waals surface area contributed by atoms with Crippen molar-refractivity contribution in [1.82, 2.24) is 14.5 Å². The van der Waals surface area contributed by atoms with E-state index in [1.807, 2.05) is 25.4 Å². The Morgan fingerprint density at radius 3 is 2.76 bits per heavy atom. The van der Waals surface area contributed by atoms with Gasteiger partial charge in [-0.05, 0) is 33.3 Å². The van der Waals surface area contributed by atoms with Crippen LogP contribution in [0.1, 0.15) is 39.1 Å². The van der Waals surface area contributed by atoms with Crippen LogP contribution >= 0.6 is 0 Å². The van der Waals surface area contributed by atoms with Gasteiger partial charge in [-0.3, -0.25) is 4.98 Å². The van der Waals surface area contributed by atoms with E-state index in [1.165, 1.54) is 0 Å². The number of aryl methyl sites for hydroxylation is 1. The maximum Gasteiger partial charge on any atom is 0.110 e. The molecule has 92 valence electrons. The molecule has 0 aliphatic carbocycles. The third-order valence-corrected chi connectivity index (χ3v) is 2.90. The lowest BCUT2D eigenvalue weighted by atomic mass is 10.2. The topological polar surface area (TPSA) is 56.7 Å². The Hall–Kier alpha value is -1.42. The predicted octanol–water partition coefficient (Wildman–Crippen LogP) is 2.29. The third kappa shape index (κ3) is 2.47. The van der Waals surface area contributed by atoms with E-state index < -0.39 is 0 Å². The van der Waals surface area contributed by atoms with Crippen LogP contribution in [-0.4, -0.2) is 20.6 Å². The predicted molar refractivity (Wildman–Crippen MR) is 69.9 cm³/mol. The molecule has 4 heteroatoms. The first-order valence-electron chi connectivity index (χ1n) is 6.16. The van der Waals surface area contributed by atoms with Crippen molar-refractivity contribution in [3.05, 3.63) is 24.3 Å². The molecule has 0 spiro atoms. The number of fused-ring (bicyclic) bond motifs is 1. The molecule has 0 amide bonds. The van der Waals surface area contributed by atoms with Crippen LogP contribution in [0.15, 0.2) is 18.5 Å². The van der Waals surface area contributed by atoms with Gasteiger partial charge in [0.25, 0.3) is 0 Å². The average Bonchev–Trinajstić information content (AvgIpc) is 2.64. The standard InChI is InChI=1S/C13H20N4/c1-9(2)17-12-6-7-15-8-11(12)16-13(17)5-4-10(3)14/h6-10H,4-5,14H2,1-3H3. The summed E-state index contributed by atoms with van der Waals surface area (Å²) in [4.78, 5) is 8.77. The summed E-state index contributed by atoms with van der Waals surface area (Å²) in [5.41, 5.74) is 7.95. The van der Waals surface area contributed by atoms with E-state index in [2.05, 4.69) is 28.4 Å². The fourth-order valence-electron chi connectivity index (χ4n) is 2.11. The summed E-state index contributed by atoms with van der Waals surface area (Å²) in [6.07, 6.45) is 5.52. The molecule has 2 aromatic rings. The van der Waals surface area contributed by atoms with Gasteiger partial charge in [0.05, 0.1) is 11.7 Å². The number of hydrogen-bond acceptors (Lipinski definition) is 3. The first-order chi connectivity index (χ1) is 8.09. The van der Waals surface area contributed by atoms with Gasteiger partial charge in [-0.15, -0.1) is 0 Å². The minimum absolute atomic E-state index is 0.216. The molecule has 0 fully saturated rings. The summed E-state index contributed by atoms with van der Waals surface area (Å²) < 4.78 is 2.28. The third-order valence-electron chi connectivity index (χ3n) is 2.90. The Morgan fingerprint density at radius 2 is 2.12 bits per heavy atom. The molecule has 0 radical (unpaired) electrons. The van der Waals surface area contributed by atoms with Gasteiger partial charge in [-0.2, -0.15) is 0 Å². The first-order valence-corrected chi connectivity index (χ1v) is 6.16. The van der Waals surface area contributed by atoms with Crippen LogP contribution in [0.5, 0.6) is 0 Å². The van der Waals surface area contributed by atoms with E-state index in [-0.39, 0.29) is 6.04 Å². The maximum absolute atomic E-state index is 5.81. The monoisotopic (exact) mass is 232 g/mol. The molecule has 0 aliphatic rings. The molecule has 4 nitrogen and oxygen atoms in total. The highest BCUT2D eigenvalue weighted by atomic mass is 15.1. The molecule has 2 heterocycles. The minimum atomic E-state index is 0.216. The largest absolute Gasteiger partial charge is 0.328 e. The smallest absolute Gasteiger partial charge is 0.110 e. The summed E-state index contributed by atoms with van der Waals surface area (Å²) in [6.45, 7) is 6.39. The zero-order chi connectivity index (χ0) is 12.4. The number of hydrogen-bond donors (Lipinski definition) is 1. The van der Waals surface area contributed by atoms with Crippen LogP contribution in [-0.2, 0) is 6.42 Å². The zero-order valence-corrected chi connectivity index (χ0v) is 10.7. The Labute approximate surface area is 102 Å². The summed E-state index contributed by atoms with van der Waals surface area (Å²) in [7, 11) is 0. The van der Waals surface area contributed by atoms with Crippen molar-refractivity contribution in [2.75, 3.05) is 0 Å². The number of nitrogens with zero attached hydrogens (tertiary/aromatic N) is 3. The molecular weight excluding hydrogens is 212 g/mol. The lowest BCUT2D eigenvalue weighted by molar-refractivity contribution is 0.559. The summed E-state index contributed by atoms with van der Waals surface area (Å²) in [5.74, 6) is 1.11. The number of rotatable bonds is 4. The lowest BCUT2D eigenvalue weighted by Gasteiger charge is -2.13. The van der Waals surface area contributed by atoms with Gasteiger partial charge in [-0.25, -0.2) is 4.98 Å². The van der Waals surface area contributed by atoms with Gasteiger partial charge in [-0.1, -0.05) is 0 Å². The van der Waals surface area contributed by atoms with E-state index in [0.29, 0.717) is 6.04 Å². The summed E-state index contributed by atoms with van der Waals surface area (Å²) in [5, 5.41) is 0. The number of nitrogens with two attached hydrogens (primary N) is 1. The Bertz CT molecular complexity index is 499. The fraction of sp³-hybridized carbons (Fsp3) is 0.538. The van der Waals surface area contributed by atoms with Crippen LogP contribution in [0.2, 0.25) is 0 Å².